The van der Waals surface area contributed by atoms with Gasteiger partial charge in [-0.3, -0.25) is 4.79 Å². The van der Waals surface area contributed by atoms with Gasteiger partial charge >= 0.3 is 0 Å². The largest absolute Gasteiger partial charge is 0.467 e. The quantitative estimate of drug-likeness (QED) is 0.941. The third kappa shape index (κ3) is 3.36. The molecule has 4 nitrogen and oxygen atoms in total. The van der Waals surface area contributed by atoms with Gasteiger partial charge in [0.25, 0.3) is 0 Å². The van der Waals surface area contributed by atoms with Crippen molar-refractivity contribution in [2.75, 3.05) is 18.0 Å². The third-order valence-corrected chi connectivity index (χ3v) is 4.01. The molecule has 1 N–H and O–H groups in total. The molecule has 0 bridgehead atoms. The third-order valence-electron chi connectivity index (χ3n) is 4.01. The van der Waals surface area contributed by atoms with E-state index < -0.39 is 11.6 Å². The summed E-state index contributed by atoms with van der Waals surface area (Å²) in [5.41, 5.74) is 0.944. The molecule has 1 atom stereocenters. The molecule has 1 aliphatic rings. The predicted octanol–water partition coefficient (Wildman–Crippen LogP) is 3.19. The lowest BCUT2D eigenvalue weighted by atomic mass is 10.0. The summed E-state index contributed by atoms with van der Waals surface area (Å²) < 4.78 is 32.6. The molecule has 1 aromatic carbocycles. The first kappa shape index (κ1) is 15.5. The van der Waals surface area contributed by atoms with Crippen LogP contribution in [0.3, 0.4) is 0 Å². The number of hydrogen-bond acceptors (Lipinski definition) is 3. The number of hydrogen-bond donors (Lipinski definition) is 1. The van der Waals surface area contributed by atoms with Gasteiger partial charge in [-0.25, -0.2) is 8.78 Å². The fourth-order valence-corrected chi connectivity index (χ4v) is 2.92. The minimum atomic E-state index is -0.627. The number of nitrogens with zero attached hydrogens (tertiary/aromatic N) is 1. The van der Waals surface area contributed by atoms with E-state index in [1.165, 1.54) is 6.07 Å². The number of halogens is 2. The number of furan rings is 1. The van der Waals surface area contributed by atoms with Gasteiger partial charge in [-0.15, -0.1) is 0 Å². The summed E-state index contributed by atoms with van der Waals surface area (Å²) in [5, 5.41) is 2.83. The normalized spacial score (nSPS) is 15.2. The number of rotatable bonds is 4. The first-order valence-corrected chi connectivity index (χ1v) is 7.60. The minimum Gasteiger partial charge on any atom is -0.467 e. The average molecular weight is 320 g/mol. The van der Waals surface area contributed by atoms with E-state index >= 15 is 0 Å². The molecule has 0 radical (unpaired) electrons. The van der Waals surface area contributed by atoms with Crippen LogP contribution in [0.2, 0.25) is 0 Å². The van der Waals surface area contributed by atoms with Crippen molar-refractivity contribution in [1.82, 2.24) is 5.32 Å². The van der Waals surface area contributed by atoms with Crippen LogP contribution in [0.25, 0.3) is 0 Å². The van der Waals surface area contributed by atoms with Crippen LogP contribution < -0.4 is 10.2 Å². The van der Waals surface area contributed by atoms with Crippen molar-refractivity contribution in [2.45, 2.75) is 25.8 Å². The van der Waals surface area contributed by atoms with Crippen molar-refractivity contribution >= 4 is 11.6 Å². The van der Waals surface area contributed by atoms with Crippen LogP contribution in [-0.2, 0) is 11.2 Å². The molecule has 1 aromatic heterocycles. The van der Waals surface area contributed by atoms with Gasteiger partial charge in [0.15, 0.2) is 0 Å². The summed E-state index contributed by atoms with van der Waals surface area (Å²) >= 11 is 0. The van der Waals surface area contributed by atoms with Gasteiger partial charge in [0.05, 0.1) is 18.8 Å². The number of nitrogens with one attached hydrogen (secondary N) is 1. The number of fused-ring (bicyclic) bond motifs is 1. The highest BCUT2D eigenvalue weighted by atomic mass is 19.1. The van der Waals surface area contributed by atoms with Gasteiger partial charge in [0, 0.05) is 23.9 Å². The van der Waals surface area contributed by atoms with Crippen LogP contribution in [-0.4, -0.2) is 19.0 Å². The van der Waals surface area contributed by atoms with Crippen LogP contribution in [0.4, 0.5) is 14.5 Å². The summed E-state index contributed by atoms with van der Waals surface area (Å²) in [6.45, 7) is 2.47. The summed E-state index contributed by atoms with van der Waals surface area (Å²) in [6.07, 6.45) is 2.84. The van der Waals surface area contributed by atoms with E-state index in [9.17, 15) is 13.6 Å². The number of carbonyl (C=O) groups excluding carboxylic acids is 1. The number of anilines is 1. The van der Waals surface area contributed by atoms with E-state index in [1.807, 2.05) is 6.92 Å². The predicted molar refractivity (Wildman–Crippen MR) is 82.2 cm³/mol. The summed E-state index contributed by atoms with van der Waals surface area (Å²) in [5.74, 6) is -0.729. The van der Waals surface area contributed by atoms with E-state index in [4.69, 9.17) is 4.42 Å². The molecule has 3 rings (SSSR count). The highest BCUT2D eigenvalue weighted by Crippen LogP contribution is 2.30. The minimum absolute atomic E-state index is 0.0565. The van der Waals surface area contributed by atoms with Crippen molar-refractivity contribution in [3.8, 4) is 0 Å². The SMILES string of the molecule is CC(NC(=O)CN1CCCc2c(F)cc(F)cc21)c1ccco1. The molecule has 0 saturated carbocycles. The molecule has 2 aromatic rings. The Kier molecular flexibility index (Phi) is 4.32. The van der Waals surface area contributed by atoms with Gasteiger partial charge in [0.2, 0.25) is 5.91 Å². The first-order chi connectivity index (χ1) is 11.0. The highest BCUT2D eigenvalue weighted by Gasteiger charge is 2.23. The molecule has 6 heteroatoms. The van der Waals surface area contributed by atoms with Crippen LogP contribution in [0.15, 0.2) is 34.9 Å². The standard InChI is InChI=1S/C17H18F2N2O2/c1-11(16-5-3-7-23-16)20-17(22)10-21-6-2-4-13-14(19)8-12(18)9-15(13)21/h3,5,7-9,11H,2,4,6,10H2,1H3,(H,20,22). The van der Waals surface area contributed by atoms with E-state index in [0.29, 0.717) is 30.0 Å². The molecule has 122 valence electrons. The monoisotopic (exact) mass is 320 g/mol. The molecular weight excluding hydrogens is 302 g/mol. The molecule has 2 heterocycles. The molecule has 0 spiro atoms. The van der Waals surface area contributed by atoms with Crippen molar-refractivity contribution in [1.29, 1.82) is 0 Å². The van der Waals surface area contributed by atoms with Gasteiger partial charge in [-0.05, 0) is 38.0 Å². The zero-order valence-corrected chi connectivity index (χ0v) is 12.8. The molecule has 1 aliphatic heterocycles. The molecule has 0 aliphatic carbocycles. The lowest BCUT2D eigenvalue weighted by molar-refractivity contribution is -0.120. The Morgan fingerprint density at radius 3 is 3.00 bits per heavy atom. The molecule has 1 amide bonds. The second-order valence-electron chi connectivity index (χ2n) is 5.72. The first-order valence-electron chi connectivity index (χ1n) is 7.60. The topological polar surface area (TPSA) is 45.5 Å². The Balaban J connectivity index is 1.71. The summed E-state index contributed by atoms with van der Waals surface area (Å²) in [4.78, 5) is 13.9. The average Bonchev–Trinajstić information content (AvgIpc) is 3.02. The Morgan fingerprint density at radius 1 is 1.43 bits per heavy atom. The summed E-state index contributed by atoms with van der Waals surface area (Å²) in [7, 11) is 0. The van der Waals surface area contributed by atoms with Crippen LogP contribution in [0.1, 0.15) is 30.7 Å². The van der Waals surface area contributed by atoms with Gasteiger partial charge in [-0.2, -0.15) is 0 Å². The van der Waals surface area contributed by atoms with Gasteiger partial charge in [0.1, 0.15) is 17.4 Å². The van der Waals surface area contributed by atoms with E-state index in [-0.39, 0.29) is 18.5 Å². The van der Waals surface area contributed by atoms with E-state index in [0.717, 1.165) is 12.5 Å². The Bertz CT molecular complexity index is 701. The van der Waals surface area contributed by atoms with E-state index in [2.05, 4.69) is 5.32 Å². The van der Waals surface area contributed by atoms with Gasteiger partial charge < -0.3 is 14.6 Å². The van der Waals surface area contributed by atoms with Crippen LogP contribution in [0.5, 0.6) is 0 Å². The van der Waals surface area contributed by atoms with Crippen molar-refractivity contribution in [3.63, 3.8) is 0 Å². The van der Waals surface area contributed by atoms with Crippen LogP contribution in [0, 0.1) is 11.6 Å². The fraction of sp³-hybridized carbons (Fsp3) is 0.353. The van der Waals surface area contributed by atoms with Crippen molar-refractivity contribution in [2.24, 2.45) is 0 Å². The van der Waals surface area contributed by atoms with Crippen molar-refractivity contribution < 1.29 is 18.0 Å². The molecule has 0 fully saturated rings. The maximum atomic E-state index is 13.9. The van der Waals surface area contributed by atoms with Crippen LogP contribution >= 0.6 is 0 Å². The Morgan fingerprint density at radius 2 is 2.26 bits per heavy atom. The Labute approximate surface area is 133 Å². The van der Waals surface area contributed by atoms with Crippen molar-refractivity contribution in [3.05, 3.63) is 53.5 Å². The number of carbonyl (C=O) groups is 1. The molecular formula is C17H18F2N2O2. The number of benzene rings is 1. The second kappa shape index (κ2) is 6.40. The molecule has 0 saturated heterocycles. The molecule has 23 heavy (non-hydrogen) atoms. The van der Waals surface area contributed by atoms with E-state index in [1.54, 1.807) is 23.3 Å². The zero-order chi connectivity index (χ0) is 16.4. The Hall–Kier alpha value is -2.37. The fourth-order valence-electron chi connectivity index (χ4n) is 2.92. The second-order valence-corrected chi connectivity index (χ2v) is 5.72. The smallest absolute Gasteiger partial charge is 0.240 e. The summed E-state index contributed by atoms with van der Waals surface area (Å²) in [6, 6.07) is 5.46. The maximum Gasteiger partial charge on any atom is 0.240 e. The lowest BCUT2D eigenvalue weighted by Crippen LogP contribution is -2.40. The zero-order valence-electron chi connectivity index (χ0n) is 12.8. The highest BCUT2D eigenvalue weighted by molar-refractivity contribution is 5.82. The maximum absolute atomic E-state index is 13.9. The molecule has 1 unspecified atom stereocenters. The van der Waals surface area contributed by atoms with Gasteiger partial charge in [-0.1, -0.05) is 0 Å². The lowest BCUT2D eigenvalue weighted by Gasteiger charge is -2.31. The number of amides is 1.